The summed E-state index contributed by atoms with van der Waals surface area (Å²) in [7, 11) is 0. The van der Waals surface area contributed by atoms with E-state index in [1.165, 1.54) is 28.9 Å². The number of urea groups is 1. The molecule has 1 saturated heterocycles. The van der Waals surface area contributed by atoms with Gasteiger partial charge < -0.3 is 25.4 Å². The van der Waals surface area contributed by atoms with Crippen molar-refractivity contribution in [3.63, 3.8) is 0 Å². The molecule has 2 fully saturated rings. The lowest BCUT2D eigenvalue weighted by Gasteiger charge is -2.43. The van der Waals surface area contributed by atoms with Crippen LogP contribution in [-0.2, 0) is 0 Å². The number of amides is 3. The highest BCUT2D eigenvalue weighted by molar-refractivity contribution is 5.99. The van der Waals surface area contributed by atoms with Crippen LogP contribution in [0.5, 0.6) is 11.5 Å². The zero-order chi connectivity index (χ0) is 24.9. The lowest BCUT2D eigenvalue weighted by atomic mass is 9.99. The van der Waals surface area contributed by atoms with Crippen LogP contribution in [0, 0.1) is 6.92 Å². The van der Waals surface area contributed by atoms with E-state index in [0.29, 0.717) is 22.4 Å². The predicted octanol–water partition coefficient (Wildman–Crippen LogP) is 3.86. The molecule has 2 aliphatic rings. The Balaban J connectivity index is 1.42. The molecule has 5 rings (SSSR count). The molecular formula is C24H25F2N5O4. The molecule has 1 aliphatic heterocycles. The highest BCUT2D eigenvalue weighted by Gasteiger charge is 2.38. The second-order valence-electron chi connectivity index (χ2n) is 8.95. The number of nitrogens with zero attached hydrogens (tertiary/aromatic N) is 3. The van der Waals surface area contributed by atoms with Crippen LogP contribution >= 0.6 is 0 Å². The summed E-state index contributed by atoms with van der Waals surface area (Å²) in [5, 5.41) is 19.2. The van der Waals surface area contributed by atoms with Crippen molar-refractivity contribution in [3.8, 4) is 11.5 Å². The third-order valence-corrected chi connectivity index (χ3v) is 6.46. The number of carbonyl (C=O) groups is 2. The van der Waals surface area contributed by atoms with Crippen LogP contribution in [0.2, 0.25) is 0 Å². The molecule has 3 N–H and O–H groups in total. The maximum Gasteiger partial charge on any atom is 0.319 e. The number of carbonyl (C=O) groups excluding carboxylic acids is 2. The topological polar surface area (TPSA) is 108 Å². The van der Waals surface area contributed by atoms with Gasteiger partial charge in [0.1, 0.15) is 11.3 Å². The standard InChI is InChI=1S/C24H25F2N5O4/c1-12-17(23(33)30-11-19(32)13(30)2)10-31-21(12)20(7-8-27-31)35-15-5-6-18(16(9-15)22(25)26)29-24(34)28-14-3-4-14/h5-10,13-14,19,22,32H,3-4,11H2,1-2H3,(H2,28,29,34)/t13-,19-/m1/s1. The van der Waals surface area contributed by atoms with Crippen LogP contribution in [0.1, 0.15) is 47.7 Å². The van der Waals surface area contributed by atoms with E-state index in [9.17, 15) is 23.5 Å². The Hall–Kier alpha value is -3.73. The highest BCUT2D eigenvalue weighted by atomic mass is 19.3. The highest BCUT2D eigenvalue weighted by Crippen LogP contribution is 2.36. The van der Waals surface area contributed by atoms with E-state index in [1.54, 1.807) is 31.0 Å². The molecule has 1 aliphatic carbocycles. The summed E-state index contributed by atoms with van der Waals surface area (Å²) in [5.74, 6) is 0.256. The van der Waals surface area contributed by atoms with Crippen molar-refractivity contribution in [1.82, 2.24) is 19.8 Å². The van der Waals surface area contributed by atoms with Gasteiger partial charge in [-0.05, 0) is 50.5 Å². The molecule has 1 aromatic carbocycles. The summed E-state index contributed by atoms with van der Waals surface area (Å²) in [6, 6.07) is 4.93. The number of β-amino-alcohol motifs (C(OH)–C–C–N with tert-alkyl or cyclic N) is 1. The number of halogens is 2. The average Bonchev–Trinajstić information content (AvgIpc) is 3.57. The zero-order valence-corrected chi connectivity index (χ0v) is 19.2. The number of alkyl halides is 2. The number of aliphatic hydroxyl groups is 1. The Morgan fingerprint density at radius 3 is 2.69 bits per heavy atom. The summed E-state index contributed by atoms with van der Waals surface area (Å²) in [5.41, 5.74) is 1.20. The van der Waals surface area contributed by atoms with Gasteiger partial charge in [-0.1, -0.05) is 0 Å². The number of aromatic nitrogens is 2. The van der Waals surface area contributed by atoms with Gasteiger partial charge in [0, 0.05) is 30.4 Å². The van der Waals surface area contributed by atoms with Crippen molar-refractivity contribution in [2.45, 2.75) is 51.3 Å². The first-order chi connectivity index (χ1) is 16.7. The van der Waals surface area contributed by atoms with Crippen molar-refractivity contribution >= 4 is 23.1 Å². The molecule has 184 valence electrons. The number of anilines is 1. The Kier molecular flexibility index (Phi) is 5.79. The molecule has 0 spiro atoms. The minimum Gasteiger partial charge on any atom is -0.455 e. The molecule has 35 heavy (non-hydrogen) atoms. The van der Waals surface area contributed by atoms with Gasteiger partial charge in [0.25, 0.3) is 12.3 Å². The maximum atomic E-state index is 13.8. The van der Waals surface area contributed by atoms with Gasteiger partial charge in [0.2, 0.25) is 0 Å². The van der Waals surface area contributed by atoms with Gasteiger partial charge in [0.05, 0.1) is 29.6 Å². The molecule has 0 radical (unpaired) electrons. The fraction of sp³-hybridized carbons (Fsp3) is 0.375. The number of fused-ring (bicyclic) bond motifs is 1. The molecular weight excluding hydrogens is 460 g/mol. The first-order valence-corrected chi connectivity index (χ1v) is 11.4. The van der Waals surface area contributed by atoms with E-state index in [2.05, 4.69) is 15.7 Å². The summed E-state index contributed by atoms with van der Waals surface area (Å²) >= 11 is 0. The van der Waals surface area contributed by atoms with Crippen molar-refractivity contribution in [3.05, 3.63) is 53.3 Å². The molecule has 11 heteroatoms. The second kappa shape index (κ2) is 8.81. The lowest BCUT2D eigenvalue weighted by molar-refractivity contribution is -0.0357. The van der Waals surface area contributed by atoms with Gasteiger partial charge in [-0.2, -0.15) is 5.10 Å². The minimum atomic E-state index is -2.83. The third kappa shape index (κ3) is 4.39. The molecule has 1 saturated carbocycles. The van der Waals surface area contributed by atoms with Crippen LogP contribution in [0.4, 0.5) is 19.3 Å². The molecule has 2 aromatic heterocycles. The Morgan fingerprint density at radius 1 is 1.26 bits per heavy atom. The van der Waals surface area contributed by atoms with E-state index in [-0.39, 0.29) is 41.5 Å². The van der Waals surface area contributed by atoms with Gasteiger partial charge in [0.15, 0.2) is 5.75 Å². The van der Waals surface area contributed by atoms with Gasteiger partial charge >= 0.3 is 6.03 Å². The van der Waals surface area contributed by atoms with Crippen molar-refractivity contribution < 1.29 is 28.2 Å². The van der Waals surface area contributed by atoms with Crippen LogP contribution in [0.3, 0.4) is 0 Å². The monoisotopic (exact) mass is 485 g/mol. The Labute approximate surface area is 199 Å². The summed E-state index contributed by atoms with van der Waals surface area (Å²) in [6.07, 6.45) is 1.46. The fourth-order valence-corrected chi connectivity index (χ4v) is 4.13. The van der Waals surface area contributed by atoms with Crippen molar-refractivity contribution in [2.75, 3.05) is 11.9 Å². The normalized spacial score (nSPS) is 19.5. The number of ether oxygens (including phenoxy) is 1. The van der Waals surface area contributed by atoms with Crippen molar-refractivity contribution in [1.29, 1.82) is 0 Å². The Morgan fingerprint density at radius 2 is 2.03 bits per heavy atom. The quantitative estimate of drug-likeness (QED) is 0.491. The summed E-state index contributed by atoms with van der Waals surface area (Å²) < 4.78 is 35.0. The number of likely N-dealkylation sites (tertiary alicyclic amines) is 1. The third-order valence-electron chi connectivity index (χ3n) is 6.46. The fourth-order valence-electron chi connectivity index (χ4n) is 4.13. The van der Waals surface area contributed by atoms with E-state index >= 15 is 0 Å². The maximum absolute atomic E-state index is 13.8. The second-order valence-corrected chi connectivity index (χ2v) is 8.95. The molecule has 3 aromatic rings. The lowest BCUT2D eigenvalue weighted by Crippen LogP contribution is -2.60. The van der Waals surface area contributed by atoms with Crippen LogP contribution < -0.4 is 15.4 Å². The largest absolute Gasteiger partial charge is 0.455 e. The molecule has 0 unspecified atom stereocenters. The van der Waals surface area contributed by atoms with Crippen molar-refractivity contribution in [2.24, 2.45) is 0 Å². The predicted molar refractivity (Wildman–Crippen MR) is 123 cm³/mol. The van der Waals surface area contributed by atoms with Crippen LogP contribution in [0.15, 0.2) is 36.7 Å². The number of aryl methyl sites for hydroxylation is 1. The number of hydrogen-bond donors (Lipinski definition) is 3. The molecule has 3 heterocycles. The first kappa shape index (κ1) is 23.0. The molecule has 9 nitrogen and oxygen atoms in total. The van der Waals surface area contributed by atoms with Crippen LogP contribution in [0.25, 0.3) is 5.52 Å². The molecule has 0 bridgehead atoms. The number of hydrogen-bond acceptors (Lipinski definition) is 5. The Bertz CT molecular complexity index is 1310. The van der Waals surface area contributed by atoms with Gasteiger partial charge in [-0.25, -0.2) is 18.1 Å². The molecule has 3 amide bonds. The number of rotatable bonds is 6. The van der Waals surface area contributed by atoms with Gasteiger partial charge in [-0.3, -0.25) is 4.79 Å². The minimum absolute atomic E-state index is 0.00276. The average molecular weight is 485 g/mol. The van der Waals surface area contributed by atoms with E-state index in [4.69, 9.17) is 4.74 Å². The summed E-state index contributed by atoms with van der Waals surface area (Å²) in [4.78, 5) is 26.6. The van der Waals surface area contributed by atoms with E-state index < -0.39 is 18.6 Å². The smallest absolute Gasteiger partial charge is 0.319 e. The zero-order valence-electron chi connectivity index (χ0n) is 19.2. The molecule has 2 atom stereocenters. The summed E-state index contributed by atoms with van der Waals surface area (Å²) in [6.45, 7) is 3.80. The number of aliphatic hydroxyl groups excluding tert-OH is 1. The SMILES string of the molecule is Cc1c(C(=O)N2C[C@@H](O)[C@H]2C)cn2nccc(Oc3ccc(NC(=O)NC4CC4)c(C(F)F)c3)c12. The first-order valence-electron chi connectivity index (χ1n) is 11.4. The number of benzene rings is 1. The van der Waals surface area contributed by atoms with Gasteiger partial charge in [-0.15, -0.1) is 0 Å². The van der Waals surface area contributed by atoms with E-state index in [1.807, 2.05) is 0 Å². The van der Waals surface area contributed by atoms with Crippen LogP contribution in [-0.4, -0.2) is 56.3 Å². The van der Waals surface area contributed by atoms with E-state index in [0.717, 1.165) is 12.8 Å². The number of nitrogens with one attached hydrogen (secondary N) is 2.